The summed E-state index contributed by atoms with van der Waals surface area (Å²) in [5, 5.41) is 3.57. The first-order valence-corrected chi connectivity index (χ1v) is 6.43. The lowest BCUT2D eigenvalue weighted by atomic mass is 10.2. The minimum Gasteiger partial charge on any atom is -0.495 e. The number of amides is 1. The molecule has 4 nitrogen and oxygen atoms in total. The van der Waals surface area contributed by atoms with E-state index in [9.17, 15) is 4.79 Å². The molecule has 5 heteroatoms. The highest BCUT2D eigenvalue weighted by Crippen LogP contribution is 2.31. The van der Waals surface area contributed by atoms with Gasteiger partial charge >= 0.3 is 0 Å². The van der Waals surface area contributed by atoms with Gasteiger partial charge < -0.3 is 15.0 Å². The summed E-state index contributed by atoms with van der Waals surface area (Å²) in [4.78, 5) is 13.5. The van der Waals surface area contributed by atoms with Gasteiger partial charge in [-0.2, -0.15) is 0 Å². The molecule has 1 aromatic rings. The quantitative estimate of drug-likeness (QED) is 0.893. The number of hydrogen-bond donors (Lipinski definition) is 1. The van der Waals surface area contributed by atoms with Crippen molar-refractivity contribution in [3.8, 4) is 5.75 Å². The Bertz CT molecular complexity index is 425. The Morgan fingerprint density at radius 3 is 3.00 bits per heavy atom. The Morgan fingerprint density at radius 1 is 1.39 bits per heavy atom. The van der Waals surface area contributed by atoms with Crippen LogP contribution in [0.2, 0.25) is 5.02 Å². The second-order valence-corrected chi connectivity index (χ2v) is 4.69. The lowest BCUT2D eigenvalue weighted by Crippen LogP contribution is -2.38. The first-order valence-electron chi connectivity index (χ1n) is 6.06. The van der Waals surface area contributed by atoms with Crippen molar-refractivity contribution >= 4 is 23.2 Å². The number of nitrogens with one attached hydrogen (secondary N) is 1. The van der Waals surface area contributed by atoms with E-state index in [-0.39, 0.29) is 5.91 Å². The first kappa shape index (κ1) is 13.0. The molecule has 1 fully saturated rings. The van der Waals surface area contributed by atoms with Crippen LogP contribution in [0.5, 0.6) is 5.75 Å². The minimum atomic E-state index is 0.132. The van der Waals surface area contributed by atoms with Crippen molar-refractivity contribution in [3.63, 3.8) is 0 Å². The molecule has 1 amide bonds. The van der Waals surface area contributed by atoms with Gasteiger partial charge in [0.1, 0.15) is 5.75 Å². The summed E-state index contributed by atoms with van der Waals surface area (Å²) in [6, 6.07) is 5.59. The zero-order chi connectivity index (χ0) is 13.0. The molecular weight excluding hydrogens is 252 g/mol. The van der Waals surface area contributed by atoms with Gasteiger partial charge in [0.15, 0.2) is 0 Å². The molecule has 1 heterocycles. The molecule has 0 bridgehead atoms. The highest BCUT2D eigenvalue weighted by Gasteiger charge is 2.15. The van der Waals surface area contributed by atoms with Gasteiger partial charge in [0.2, 0.25) is 5.91 Å². The number of hydrogen-bond acceptors (Lipinski definition) is 3. The Kier molecular flexibility index (Phi) is 4.31. The third-order valence-electron chi connectivity index (χ3n) is 3.02. The zero-order valence-corrected chi connectivity index (χ0v) is 11.2. The van der Waals surface area contributed by atoms with Crippen molar-refractivity contribution in [2.45, 2.75) is 12.8 Å². The Balaban J connectivity index is 2.18. The molecular formula is C13H17ClN2O2. The summed E-state index contributed by atoms with van der Waals surface area (Å²) in [6.07, 6.45) is 1.40. The van der Waals surface area contributed by atoms with E-state index in [0.29, 0.717) is 18.0 Å². The maximum absolute atomic E-state index is 11.3. The summed E-state index contributed by atoms with van der Waals surface area (Å²) >= 11 is 6.04. The highest BCUT2D eigenvalue weighted by molar-refractivity contribution is 6.30. The van der Waals surface area contributed by atoms with Crippen LogP contribution in [0.3, 0.4) is 0 Å². The van der Waals surface area contributed by atoms with Crippen LogP contribution in [-0.2, 0) is 4.79 Å². The average Bonchev–Trinajstić information content (AvgIpc) is 2.33. The van der Waals surface area contributed by atoms with Gasteiger partial charge in [-0.25, -0.2) is 0 Å². The number of ether oxygens (including phenoxy) is 1. The molecule has 1 N–H and O–H groups in total. The van der Waals surface area contributed by atoms with E-state index in [1.165, 1.54) is 0 Å². The largest absolute Gasteiger partial charge is 0.495 e. The van der Waals surface area contributed by atoms with E-state index in [2.05, 4.69) is 10.2 Å². The Labute approximate surface area is 112 Å². The number of carbonyl (C=O) groups excluding carboxylic acids is 1. The maximum atomic E-state index is 11.3. The number of benzene rings is 1. The van der Waals surface area contributed by atoms with Crippen LogP contribution in [0.4, 0.5) is 5.69 Å². The zero-order valence-electron chi connectivity index (χ0n) is 10.4. The monoisotopic (exact) mass is 268 g/mol. The van der Waals surface area contributed by atoms with Crippen molar-refractivity contribution in [2.24, 2.45) is 0 Å². The minimum absolute atomic E-state index is 0.132. The van der Waals surface area contributed by atoms with Gasteiger partial charge in [0.05, 0.1) is 12.8 Å². The van der Waals surface area contributed by atoms with Crippen molar-refractivity contribution in [1.82, 2.24) is 5.32 Å². The fraction of sp³-hybridized carbons (Fsp3) is 0.462. The highest BCUT2D eigenvalue weighted by atomic mass is 35.5. The molecule has 2 rings (SSSR count). The standard InChI is InChI=1S/C13H17ClN2O2/c1-18-12-5-4-10(14)9-11(12)16-7-2-3-13(17)15-6-8-16/h4-5,9H,2-3,6-8H2,1H3,(H,15,17). The van der Waals surface area contributed by atoms with E-state index in [1.807, 2.05) is 18.2 Å². The van der Waals surface area contributed by atoms with Crippen molar-refractivity contribution < 1.29 is 9.53 Å². The second kappa shape index (κ2) is 5.96. The number of rotatable bonds is 2. The lowest BCUT2D eigenvalue weighted by Gasteiger charge is -2.28. The molecule has 0 spiro atoms. The molecule has 1 aromatic carbocycles. The normalized spacial score (nSPS) is 16.8. The first-order chi connectivity index (χ1) is 8.70. The average molecular weight is 269 g/mol. The number of carbonyl (C=O) groups is 1. The van der Waals surface area contributed by atoms with Crippen LogP contribution >= 0.6 is 11.6 Å². The lowest BCUT2D eigenvalue weighted by molar-refractivity contribution is -0.121. The van der Waals surface area contributed by atoms with Crippen LogP contribution in [-0.4, -0.2) is 32.7 Å². The van der Waals surface area contributed by atoms with E-state index < -0.39 is 0 Å². The molecule has 0 aromatic heterocycles. The van der Waals surface area contributed by atoms with Gasteiger partial charge in [-0.3, -0.25) is 4.79 Å². The van der Waals surface area contributed by atoms with Crippen LogP contribution in [0.15, 0.2) is 18.2 Å². The summed E-state index contributed by atoms with van der Waals surface area (Å²) < 4.78 is 5.36. The number of halogens is 1. The van der Waals surface area contributed by atoms with Crippen molar-refractivity contribution in [1.29, 1.82) is 0 Å². The predicted octanol–water partition coefficient (Wildman–Crippen LogP) is 2.06. The molecule has 0 saturated carbocycles. The molecule has 1 aliphatic heterocycles. The predicted molar refractivity (Wildman–Crippen MR) is 72.5 cm³/mol. The van der Waals surface area contributed by atoms with E-state index >= 15 is 0 Å². The van der Waals surface area contributed by atoms with Crippen LogP contribution in [0.25, 0.3) is 0 Å². The number of anilines is 1. The molecule has 98 valence electrons. The van der Waals surface area contributed by atoms with Gasteiger partial charge in [-0.15, -0.1) is 0 Å². The van der Waals surface area contributed by atoms with Gasteiger partial charge in [-0.05, 0) is 24.6 Å². The fourth-order valence-electron chi connectivity index (χ4n) is 2.11. The van der Waals surface area contributed by atoms with Gasteiger partial charge in [0, 0.05) is 31.1 Å². The van der Waals surface area contributed by atoms with Crippen LogP contribution in [0, 0.1) is 0 Å². The molecule has 1 aliphatic rings. The fourth-order valence-corrected chi connectivity index (χ4v) is 2.28. The molecule has 1 saturated heterocycles. The van der Waals surface area contributed by atoms with Gasteiger partial charge in [-0.1, -0.05) is 11.6 Å². The van der Waals surface area contributed by atoms with Gasteiger partial charge in [0.25, 0.3) is 0 Å². The van der Waals surface area contributed by atoms with E-state index in [4.69, 9.17) is 16.3 Å². The summed E-state index contributed by atoms with van der Waals surface area (Å²) in [5.41, 5.74) is 0.987. The topological polar surface area (TPSA) is 41.6 Å². The van der Waals surface area contributed by atoms with Crippen molar-refractivity contribution in [2.75, 3.05) is 31.6 Å². The molecule has 0 radical (unpaired) electrons. The van der Waals surface area contributed by atoms with E-state index in [1.54, 1.807) is 7.11 Å². The SMILES string of the molecule is COc1ccc(Cl)cc1N1CCCC(=O)NCC1. The number of methoxy groups -OCH3 is 1. The van der Waals surface area contributed by atoms with Crippen LogP contribution < -0.4 is 15.0 Å². The second-order valence-electron chi connectivity index (χ2n) is 4.26. The summed E-state index contributed by atoms with van der Waals surface area (Å²) in [6.45, 7) is 2.25. The van der Waals surface area contributed by atoms with Crippen LogP contribution in [0.1, 0.15) is 12.8 Å². The third-order valence-corrected chi connectivity index (χ3v) is 3.25. The van der Waals surface area contributed by atoms with E-state index in [0.717, 1.165) is 30.9 Å². The molecule has 0 aliphatic carbocycles. The summed E-state index contributed by atoms with van der Waals surface area (Å²) in [7, 11) is 1.65. The number of nitrogens with zero attached hydrogens (tertiary/aromatic N) is 1. The van der Waals surface area contributed by atoms with Crippen molar-refractivity contribution in [3.05, 3.63) is 23.2 Å². The molecule has 0 unspecified atom stereocenters. The smallest absolute Gasteiger partial charge is 0.220 e. The third kappa shape index (κ3) is 3.07. The maximum Gasteiger partial charge on any atom is 0.220 e. The Morgan fingerprint density at radius 2 is 2.22 bits per heavy atom. The summed E-state index contributed by atoms with van der Waals surface area (Å²) in [5.74, 6) is 0.944. The Hall–Kier alpha value is -1.42. The molecule has 18 heavy (non-hydrogen) atoms. The molecule has 0 atom stereocenters.